The Balaban J connectivity index is 1.54. The van der Waals surface area contributed by atoms with Crippen LogP contribution in [-0.2, 0) is 4.79 Å². The molecule has 10 heteroatoms. The lowest BCUT2D eigenvalue weighted by Crippen LogP contribution is -2.22. The van der Waals surface area contributed by atoms with Crippen LogP contribution in [-0.4, -0.2) is 37.6 Å². The molecule has 3 amide bonds. The van der Waals surface area contributed by atoms with Gasteiger partial charge in [-0.25, -0.2) is 9.78 Å². The van der Waals surface area contributed by atoms with Crippen LogP contribution in [0.3, 0.4) is 0 Å². The van der Waals surface area contributed by atoms with E-state index >= 15 is 0 Å². The van der Waals surface area contributed by atoms with Crippen molar-refractivity contribution < 1.29 is 9.59 Å². The quantitative estimate of drug-likeness (QED) is 0.358. The van der Waals surface area contributed by atoms with Crippen LogP contribution in [0.15, 0.2) is 36.3 Å². The lowest BCUT2D eigenvalue weighted by atomic mass is 10.1. The van der Waals surface area contributed by atoms with Gasteiger partial charge in [-0.05, 0) is 44.4 Å². The fourth-order valence-electron chi connectivity index (χ4n) is 3.57. The summed E-state index contributed by atoms with van der Waals surface area (Å²) in [6, 6.07) is 5.68. The summed E-state index contributed by atoms with van der Waals surface area (Å²) in [4.78, 5) is 32.6. The molecule has 0 radical (unpaired) electrons. The third-order valence-electron chi connectivity index (χ3n) is 5.27. The van der Waals surface area contributed by atoms with E-state index in [1.807, 2.05) is 32.0 Å². The second-order valence-electron chi connectivity index (χ2n) is 7.82. The van der Waals surface area contributed by atoms with Gasteiger partial charge in [0.15, 0.2) is 5.65 Å². The number of imide groups is 1. The van der Waals surface area contributed by atoms with Gasteiger partial charge in [-0.3, -0.25) is 15.1 Å². The van der Waals surface area contributed by atoms with Crippen LogP contribution in [0, 0.1) is 6.92 Å². The summed E-state index contributed by atoms with van der Waals surface area (Å²) in [6.45, 7) is 4.06. The number of nitrogens with one attached hydrogen (secondary N) is 4. The van der Waals surface area contributed by atoms with Crippen molar-refractivity contribution in [1.29, 1.82) is 0 Å². The second-order valence-corrected chi connectivity index (χ2v) is 7.82. The van der Waals surface area contributed by atoms with Crippen LogP contribution < -0.4 is 21.3 Å². The molecule has 0 aromatic carbocycles. The van der Waals surface area contributed by atoms with Gasteiger partial charge in [0.05, 0.1) is 17.9 Å². The maximum Gasteiger partial charge on any atom is 0.326 e. The number of amides is 3. The molecule has 1 unspecified atom stereocenters. The molecule has 158 valence electrons. The zero-order valence-corrected chi connectivity index (χ0v) is 17.1. The molecule has 3 aromatic rings. The molecule has 4 heterocycles. The van der Waals surface area contributed by atoms with Gasteiger partial charge in [-0.15, -0.1) is 0 Å². The van der Waals surface area contributed by atoms with E-state index in [1.165, 1.54) is 0 Å². The maximum atomic E-state index is 11.9. The number of pyridine rings is 1. The summed E-state index contributed by atoms with van der Waals surface area (Å²) in [6.07, 6.45) is 7.20. The Hall–Kier alpha value is -3.95. The van der Waals surface area contributed by atoms with Crippen LogP contribution in [0.4, 0.5) is 16.4 Å². The van der Waals surface area contributed by atoms with Crippen molar-refractivity contribution in [3.05, 3.63) is 53.1 Å². The maximum absolute atomic E-state index is 11.9. The van der Waals surface area contributed by atoms with Gasteiger partial charge >= 0.3 is 6.03 Å². The number of nitrogens with zero attached hydrogens (tertiary/aromatic N) is 4. The number of rotatable bonds is 6. The van der Waals surface area contributed by atoms with Crippen LogP contribution in [0.25, 0.3) is 11.7 Å². The van der Waals surface area contributed by atoms with Crippen molar-refractivity contribution >= 4 is 35.3 Å². The highest BCUT2D eigenvalue weighted by atomic mass is 16.2. The summed E-state index contributed by atoms with van der Waals surface area (Å²) in [5.74, 6) is 0.993. The minimum Gasteiger partial charge on any atom is -0.367 e. The van der Waals surface area contributed by atoms with Crippen molar-refractivity contribution in [2.75, 3.05) is 10.6 Å². The number of carbonyl (C=O) groups excluding carboxylic acids is 2. The zero-order chi connectivity index (χ0) is 21.5. The fraction of sp³-hybridized carbons (Fsp3) is 0.286. The lowest BCUT2D eigenvalue weighted by Gasteiger charge is -2.17. The highest BCUT2D eigenvalue weighted by Crippen LogP contribution is 2.29. The van der Waals surface area contributed by atoms with E-state index in [1.54, 1.807) is 23.0 Å². The number of fused-ring (bicyclic) bond motifs is 1. The van der Waals surface area contributed by atoms with Crippen LogP contribution in [0.2, 0.25) is 0 Å². The standard InChI is InChI=1S/C21H22N8O2/c1-11-4-3-7-22-18(11)12(2)24-16-9-17(25-14-5-6-14)29-19(27-16)13(10-23-29)8-15-20(30)28-21(31)26-15/h3-4,7-10,12,14,25H,5-6H2,1-2H3,(H,24,27)(H2,26,28,30,31)/b15-8-. The molecule has 1 saturated carbocycles. The highest BCUT2D eigenvalue weighted by Gasteiger charge is 2.25. The lowest BCUT2D eigenvalue weighted by molar-refractivity contribution is -0.115. The third kappa shape index (κ3) is 3.79. The number of aryl methyl sites for hydroxylation is 1. The molecular weight excluding hydrogens is 396 g/mol. The van der Waals surface area contributed by atoms with Crippen molar-refractivity contribution in [2.24, 2.45) is 0 Å². The molecule has 2 aliphatic rings. The van der Waals surface area contributed by atoms with Gasteiger partial charge in [-0.1, -0.05) is 6.07 Å². The number of hydrogen-bond acceptors (Lipinski definition) is 7. The van der Waals surface area contributed by atoms with E-state index in [-0.39, 0.29) is 11.7 Å². The molecular formula is C21H22N8O2. The molecule has 10 nitrogen and oxygen atoms in total. The first-order valence-corrected chi connectivity index (χ1v) is 10.2. The van der Waals surface area contributed by atoms with E-state index in [2.05, 4.69) is 31.3 Å². The van der Waals surface area contributed by atoms with E-state index < -0.39 is 11.9 Å². The molecule has 2 fully saturated rings. The number of anilines is 2. The monoisotopic (exact) mass is 418 g/mol. The number of urea groups is 1. The minimum absolute atomic E-state index is 0.0606. The SMILES string of the molecule is Cc1cccnc1C(C)Nc1cc(NC2CC2)n2ncc(/C=C3\NC(=O)NC3=O)c2n1. The smallest absolute Gasteiger partial charge is 0.326 e. The Bertz CT molecular complexity index is 1230. The number of hydrogen-bond donors (Lipinski definition) is 4. The average Bonchev–Trinajstić information content (AvgIpc) is 3.37. The number of aromatic nitrogens is 4. The van der Waals surface area contributed by atoms with Gasteiger partial charge < -0.3 is 16.0 Å². The van der Waals surface area contributed by atoms with Gasteiger partial charge in [0, 0.05) is 23.9 Å². The van der Waals surface area contributed by atoms with Gasteiger partial charge in [0.2, 0.25) is 0 Å². The Labute approximate surface area is 178 Å². The van der Waals surface area contributed by atoms with Crippen molar-refractivity contribution in [1.82, 2.24) is 30.2 Å². The van der Waals surface area contributed by atoms with Crippen LogP contribution in [0.1, 0.15) is 42.6 Å². The second kappa shape index (κ2) is 7.38. The summed E-state index contributed by atoms with van der Waals surface area (Å²) in [7, 11) is 0. The molecule has 1 aliphatic heterocycles. The molecule has 1 saturated heterocycles. The van der Waals surface area contributed by atoms with E-state index in [4.69, 9.17) is 4.98 Å². The predicted molar refractivity (Wildman–Crippen MR) is 115 cm³/mol. The van der Waals surface area contributed by atoms with E-state index in [0.29, 0.717) is 23.1 Å². The fourth-order valence-corrected chi connectivity index (χ4v) is 3.57. The molecule has 0 spiro atoms. The Kier molecular flexibility index (Phi) is 4.54. The molecule has 1 aliphatic carbocycles. The van der Waals surface area contributed by atoms with Crippen molar-refractivity contribution in [3.8, 4) is 0 Å². The van der Waals surface area contributed by atoms with Gasteiger partial charge in [-0.2, -0.15) is 9.61 Å². The predicted octanol–water partition coefficient (Wildman–Crippen LogP) is 2.36. The Morgan fingerprint density at radius 1 is 1.29 bits per heavy atom. The first-order chi connectivity index (χ1) is 15.0. The molecule has 5 rings (SSSR count). The molecule has 3 aromatic heterocycles. The third-order valence-corrected chi connectivity index (χ3v) is 5.27. The highest BCUT2D eigenvalue weighted by molar-refractivity contribution is 6.14. The Morgan fingerprint density at radius 3 is 2.84 bits per heavy atom. The molecule has 0 bridgehead atoms. The topological polar surface area (TPSA) is 125 Å². The first-order valence-electron chi connectivity index (χ1n) is 10.2. The average molecular weight is 418 g/mol. The number of carbonyl (C=O) groups is 2. The first kappa shape index (κ1) is 19.0. The van der Waals surface area contributed by atoms with Gasteiger partial charge in [0.25, 0.3) is 5.91 Å². The largest absolute Gasteiger partial charge is 0.367 e. The van der Waals surface area contributed by atoms with Crippen molar-refractivity contribution in [3.63, 3.8) is 0 Å². The summed E-state index contributed by atoms with van der Waals surface area (Å²) in [5, 5.41) is 16.0. The summed E-state index contributed by atoms with van der Waals surface area (Å²) >= 11 is 0. The summed E-state index contributed by atoms with van der Waals surface area (Å²) < 4.78 is 1.71. The normalized spacial score (nSPS) is 18.2. The Morgan fingerprint density at radius 2 is 2.13 bits per heavy atom. The van der Waals surface area contributed by atoms with E-state index in [9.17, 15) is 9.59 Å². The summed E-state index contributed by atoms with van der Waals surface area (Å²) in [5.41, 5.74) is 3.39. The van der Waals surface area contributed by atoms with Crippen molar-refractivity contribution in [2.45, 2.75) is 38.8 Å². The van der Waals surface area contributed by atoms with E-state index in [0.717, 1.165) is 29.9 Å². The van der Waals surface area contributed by atoms with Crippen LogP contribution >= 0.6 is 0 Å². The molecule has 4 N–H and O–H groups in total. The van der Waals surface area contributed by atoms with Gasteiger partial charge in [0.1, 0.15) is 17.3 Å². The molecule has 31 heavy (non-hydrogen) atoms. The van der Waals surface area contributed by atoms with Crippen LogP contribution in [0.5, 0.6) is 0 Å². The zero-order valence-electron chi connectivity index (χ0n) is 17.1. The minimum atomic E-state index is -0.543. The molecule has 1 atom stereocenters.